The van der Waals surface area contributed by atoms with E-state index in [2.05, 4.69) is 15.9 Å². The van der Waals surface area contributed by atoms with Gasteiger partial charge in [-0.25, -0.2) is 0 Å². The second kappa shape index (κ2) is 3.09. The van der Waals surface area contributed by atoms with E-state index in [-0.39, 0.29) is 11.2 Å². The average molecular weight is 219 g/mol. The molecule has 3 nitrogen and oxygen atoms in total. The molecule has 1 aromatic rings. The molecule has 11 heavy (non-hydrogen) atoms. The van der Waals surface area contributed by atoms with E-state index < -0.39 is 0 Å². The standard InChI is InChI=1S/C7H7BrO3/c1-4-7(10-2)6(9)5(8)3-11-4/h3H,1-2H3. The molecule has 0 saturated carbocycles. The molecule has 0 unspecified atom stereocenters. The van der Waals surface area contributed by atoms with Crippen molar-refractivity contribution < 1.29 is 9.15 Å². The SMILES string of the molecule is COc1c(C)occ(Br)c1=O. The van der Waals surface area contributed by atoms with Gasteiger partial charge in [0.05, 0.1) is 7.11 Å². The van der Waals surface area contributed by atoms with E-state index >= 15 is 0 Å². The van der Waals surface area contributed by atoms with Crippen molar-refractivity contribution in [3.63, 3.8) is 0 Å². The van der Waals surface area contributed by atoms with Crippen molar-refractivity contribution in [2.75, 3.05) is 7.11 Å². The molecule has 0 fully saturated rings. The Hall–Kier alpha value is -0.770. The van der Waals surface area contributed by atoms with Crippen LogP contribution in [-0.4, -0.2) is 7.11 Å². The summed E-state index contributed by atoms with van der Waals surface area (Å²) in [5.41, 5.74) is -0.184. The van der Waals surface area contributed by atoms with Gasteiger partial charge in [-0.2, -0.15) is 0 Å². The molecule has 0 N–H and O–H groups in total. The minimum Gasteiger partial charge on any atom is -0.490 e. The minimum atomic E-state index is -0.184. The summed E-state index contributed by atoms with van der Waals surface area (Å²) in [5, 5.41) is 0. The summed E-state index contributed by atoms with van der Waals surface area (Å²) in [4.78, 5) is 11.2. The average Bonchev–Trinajstić information content (AvgIpc) is 1.99. The molecule has 0 bridgehead atoms. The van der Waals surface area contributed by atoms with E-state index in [1.807, 2.05) is 0 Å². The number of hydrogen-bond acceptors (Lipinski definition) is 3. The quantitative estimate of drug-likeness (QED) is 0.721. The molecular formula is C7H7BrO3. The van der Waals surface area contributed by atoms with Gasteiger partial charge in [0.1, 0.15) is 16.5 Å². The Balaban J connectivity index is 3.41. The Morgan fingerprint density at radius 2 is 2.27 bits per heavy atom. The first-order chi connectivity index (χ1) is 5.16. The first-order valence-electron chi connectivity index (χ1n) is 2.98. The molecule has 0 aliphatic rings. The summed E-state index contributed by atoms with van der Waals surface area (Å²) >= 11 is 3.03. The fourth-order valence-corrected chi connectivity index (χ4v) is 1.03. The third-order valence-corrected chi connectivity index (χ3v) is 1.83. The smallest absolute Gasteiger partial charge is 0.241 e. The van der Waals surface area contributed by atoms with E-state index in [0.29, 0.717) is 10.2 Å². The largest absolute Gasteiger partial charge is 0.490 e. The highest BCUT2D eigenvalue weighted by atomic mass is 79.9. The molecule has 0 atom stereocenters. The highest BCUT2D eigenvalue weighted by Gasteiger charge is 2.07. The fourth-order valence-electron chi connectivity index (χ4n) is 0.752. The Morgan fingerprint density at radius 3 is 2.73 bits per heavy atom. The van der Waals surface area contributed by atoms with Gasteiger partial charge in [0.15, 0.2) is 0 Å². The van der Waals surface area contributed by atoms with Crippen molar-refractivity contribution in [2.45, 2.75) is 6.92 Å². The highest BCUT2D eigenvalue weighted by molar-refractivity contribution is 9.10. The van der Waals surface area contributed by atoms with Crippen molar-refractivity contribution in [1.29, 1.82) is 0 Å². The van der Waals surface area contributed by atoms with E-state index in [1.165, 1.54) is 13.4 Å². The normalized spacial score (nSPS) is 9.73. The molecule has 0 amide bonds. The molecule has 1 heterocycles. The summed E-state index contributed by atoms with van der Waals surface area (Å²) in [6.45, 7) is 1.67. The van der Waals surface area contributed by atoms with Crippen LogP contribution in [0.15, 0.2) is 19.9 Å². The van der Waals surface area contributed by atoms with Gasteiger partial charge in [-0.05, 0) is 22.9 Å². The maximum absolute atomic E-state index is 11.2. The number of methoxy groups -OCH3 is 1. The van der Waals surface area contributed by atoms with Gasteiger partial charge in [-0.1, -0.05) is 0 Å². The maximum Gasteiger partial charge on any atom is 0.241 e. The molecule has 0 aromatic carbocycles. The lowest BCUT2D eigenvalue weighted by atomic mass is 10.4. The summed E-state index contributed by atoms with van der Waals surface area (Å²) in [6, 6.07) is 0. The van der Waals surface area contributed by atoms with Crippen LogP contribution in [0.25, 0.3) is 0 Å². The van der Waals surface area contributed by atoms with Crippen molar-refractivity contribution in [2.24, 2.45) is 0 Å². The van der Waals surface area contributed by atoms with Gasteiger partial charge >= 0.3 is 0 Å². The third-order valence-electron chi connectivity index (χ3n) is 1.29. The van der Waals surface area contributed by atoms with Crippen LogP contribution >= 0.6 is 15.9 Å². The number of halogens is 1. The number of hydrogen-bond donors (Lipinski definition) is 0. The first-order valence-corrected chi connectivity index (χ1v) is 3.78. The van der Waals surface area contributed by atoms with Crippen LogP contribution in [0.5, 0.6) is 5.75 Å². The minimum absolute atomic E-state index is 0.184. The monoisotopic (exact) mass is 218 g/mol. The van der Waals surface area contributed by atoms with E-state index in [4.69, 9.17) is 9.15 Å². The van der Waals surface area contributed by atoms with Crippen molar-refractivity contribution in [3.8, 4) is 5.75 Å². The fraction of sp³-hybridized carbons (Fsp3) is 0.286. The van der Waals surface area contributed by atoms with Gasteiger partial charge in [0, 0.05) is 0 Å². The van der Waals surface area contributed by atoms with Crippen LogP contribution in [0.2, 0.25) is 0 Å². The zero-order valence-corrected chi connectivity index (χ0v) is 7.77. The lowest BCUT2D eigenvalue weighted by Crippen LogP contribution is -2.06. The topological polar surface area (TPSA) is 39.4 Å². The van der Waals surface area contributed by atoms with Crippen LogP contribution in [0.1, 0.15) is 5.76 Å². The second-order valence-corrected chi connectivity index (χ2v) is 2.86. The number of ether oxygens (including phenoxy) is 1. The van der Waals surface area contributed by atoms with Crippen LogP contribution < -0.4 is 10.2 Å². The molecule has 1 rings (SSSR count). The second-order valence-electron chi connectivity index (χ2n) is 2.00. The van der Waals surface area contributed by atoms with E-state index in [9.17, 15) is 4.79 Å². The Bertz CT molecular complexity index is 316. The van der Waals surface area contributed by atoms with E-state index in [0.717, 1.165) is 0 Å². The number of rotatable bonds is 1. The molecule has 0 saturated heterocycles. The number of aryl methyl sites for hydroxylation is 1. The molecule has 0 aliphatic heterocycles. The van der Waals surface area contributed by atoms with Crippen LogP contribution in [0.4, 0.5) is 0 Å². The lowest BCUT2D eigenvalue weighted by Gasteiger charge is -2.00. The summed E-state index contributed by atoms with van der Waals surface area (Å²) in [5.74, 6) is 0.736. The molecule has 0 spiro atoms. The van der Waals surface area contributed by atoms with Gasteiger partial charge in [-0.3, -0.25) is 4.79 Å². The molecule has 0 radical (unpaired) electrons. The molecular weight excluding hydrogens is 212 g/mol. The predicted molar refractivity (Wildman–Crippen MR) is 44.0 cm³/mol. The Kier molecular flexibility index (Phi) is 2.34. The first kappa shape index (κ1) is 8.33. The van der Waals surface area contributed by atoms with Crippen LogP contribution in [0.3, 0.4) is 0 Å². The Morgan fingerprint density at radius 1 is 1.64 bits per heavy atom. The van der Waals surface area contributed by atoms with Crippen LogP contribution in [-0.2, 0) is 0 Å². The van der Waals surface area contributed by atoms with Gasteiger partial charge in [0.2, 0.25) is 11.2 Å². The van der Waals surface area contributed by atoms with Gasteiger partial charge < -0.3 is 9.15 Å². The zero-order valence-electron chi connectivity index (χ0n) is 6.18. The van der Waals surface area contributed by atoms with Crippen LogP contribution in [0, 0.1) is 6.92 Å². The van der Waals surface area contributed by atoms with Crippen molar-refractivity contribution in [3.05, 3.63) is 26.7 Å². The highest BCUT2D eigenvalue weighted by Crippen LogP contribution is 2.14. The Labute approximate surface area is 72.1 Å². The lowest BCUT2D eigenvalue weighted by molar-refractivity contribution is 0.374. The zero-order chi connectivity index (χ0) is 8.43. The van der Waals surface area contributed by atoms with Crippen molar-refractivity contribution in [1.82, 2.24) is 0 Å². The van der Waals surface area contributed by atoms with E-state index in [1.54, 1.807) is 6.92 Å². The molecule has 1 aromatic heterocycles. The third kappa shape index (κ3) is 1.45. The maximum atomic E-state index is 11.2. The summed E-state index contributed by atoms with van der Waals surface area (Å²) in [6.07, 6.45) is 1.35. The summed E-state index contributed by atoms with van der Waals surface area (Å²) < 4.78 is 10.2. The van der Waals surface area contributed by atoms with Gasteiger partial charge in [0.25, 0.3) is 0 Å². The summed E-state index contributed by atoms with van der Waals surface area (Å²) in [7, 11) is 1.44. The molecule has 0 aliphatic carbocycles. The van der Waals surface area contributed by atoms with Gasteiger partial charge in [-0.15, -0.1) is 0 Å². The molecule has 60 valence electrons. The van der Waals surface area contributed by atoms with Crippen molar-refractivity contribution >= 4 is 15.9 Å². The molecule has 4 heteroatoms. The predicted octanol–water partition coefficient (Wildman–Crippen LogP) is 1.72.